The van der Waals surface area contributed by atoms with Crippen LogP contribution in [0.25, 0.3) is 0 Å². The van der Waals surface area contributed by atoms with Crippen LogP contribution in [-0.4, -0.2) is 12.2 Å². The van der Waals surface area contributed by atoms with E-state index < -0.39 is 5.60 Å². The predicted molar refractivity (Wildman–Crippen MR) is 75.7 cm³/mol. The van der Waals surface area contributed by atoms with Crippen LogP contribution < -0.4 is 4.74 Å². The Balaban J connectivity index is 2.46. The third kappa shape index (κ3) is 2.39. The lowest BCUT2D eigenvalue weighted by atomic mass is 9.94. The maximum atomic E-state index is 10.7. The summed E-state index contributed by atoms with van der Waals surface area (Å²) in [6, 6.07) is 9.28. The lowest BCUT2D eigenvalue weighted by Gasteiger charge is -2.23. The quantitative estimate of drug-likeness (QED) is 0.923. The number of halogens is 1. The summed E-state index contributed by atoms with van der Waals surface area (Å²) in [5, 5.41) is 11.2. The number of thiophene rings is 1. The largest absolute Gasteiger partial charge is 0.495 e. The zero-order chi connectivity index (χ0) is 13.3. The molecule has 0 saturated heterocycles. The summed E-state index contributed by atoms with van der Waals surface area (Å²) in [4.78, 5) is 2.08. The van der Waals surface area contributed by atoms with E-state index in [1.54, 1.807) is 37.5 Å². The Morgan fingerprint density at radius 3 is 2.56 bits per heavy atom. The molecule has 1 unspecified atom stereocenters. The van der Waals surface area contributed by atoms with Gasteiger partial charge in [0.1, 0.15) is 11.4 Å². The molecule has 0 radical (unpaired) electrons. The van der Waals surface area contributed by atoms with Crippen LogP contribution in [0.5, 0.6) is 5.75 Å². The zero-order valence-corrected chi connectivity index (χ0v) is 12.1. The zero-order valence-electron chi connectivity index (χ0n) is 10.5. The minimum Gasteiger partial charge on any atom is -0.495 e. The lowest BCUT2D eigenvalue weighted by Crippen LogP contribution is -2.21. The highest BCUT2D eigenvalue weighted by atomic mass is 35.5. The second-order valence-electron chi connectivity index (χ2n) is 4.33. The van der Waals surface area contributed by atoms with Gasteiger partial charge in [0, 0.05) is 9.75 Å². The van der Waals surface area contributed by atoms with Crippen molar-refractivity contribution < 1.29 is 9.84 Å². The van der Waals surface area contributed by atoms with E-state index in [1.807, 2.05) is 25.1 Å². The van der Waals surface area contributed by atoms with Crippen molar-refractivity contribution in [3.8, 4) is 5.75 Å². The van der Waals surface area contributed by atoms with Crippen molar-refractivity contribution in [1.82, 2.24) is 0 Å². The van der Waals surface area contributed by atoms with Crippen molar-refractivity contribution in [1.29, 1.82) is 0 Å². The van der Waals surface area contributed by atoms with Gasteiger partial charge >= 0.3 is 0 Å². The molecule has 0 amide bonds. The van der Waals surface area contributed by atoms with E-state index in [0.29, 0.717) is 10.8 Å². The first-order chi connectivity index (χ1) is 8.45. The van der Waals surface area contributed by atoms with Crippen molar-refractivity contribution in [2.45, 2.75) is 19.4 Å². The molecule has 1 atom stereocenters. The maximum Gasteiger partial charge on any atom is 0.137 e. The van der Waals surface area contributed by atoms with E-state index in [0.717, 1.165) is 10.4 Å². The summed E-state index contributed by atoms with van der Waals surface area (Å²) < 4.78 is 5.18. The van der Waals surface area contributed by atoms with Crippen LogP contribution in [-0.2, 0) is 5.60 Å². The van der Waals surface area contributed by atoms with Gasteiger partial charge in [0.2, 0.25) is 0 Å². The number of benzene rings is 1. The van der Waals surface area contributed by atoms with Gasteiger partial charge in [-0.2, -0.15) is 0 Å². The Morgan fingerprint density at radius 2 is 2.00 bits per heavy atom. The van der Waals surface area contributed by atoms with Gasteiger partial charge in [0.25, 0.3) is 0 Å². The van der Waals surface area contributed by atoms with E-state index in [2.05, 4.69) is 0 Å². The predicted octanol–water partition coefficient (Wildman–Crippen LogP) is 3.97. The average Bonchev–Trinajstić information content (AvgIpc) is 2.77. The normalized spacial score (nSPS) is 14.3. The molecule has 2 aromatic rings. The molecule has 18 heavy (non-hydrogen) atoms. The standard InChI is InChI=1S/C14H15ClO2S/c1-9-4-7-13(18-9)14(2,16)10-5-6-11(15)12(8-10)17-3/h4-8,16H,1-3H3. The Kier molecular flexibility index (Phi) is 3.66. The second-order valence-corrected chi connectivity index (χ2v) is 6.03. The molecular weight excluding hydrogens is 268 g/mol. The number of ether oxygens (including phenoxy) is 1. The van der Waals surface area contributed by atoms with Gasteiger partial charge in [-0.25, -0.2) is 0 Å². The third-order valence-corrected chi connectivity index (χ3v) is 4.46. The molecule has 0 aliphatic heterocycles. The fourth-order valence-electron chi connectivity index (χ4n) is 1.80. The minimum atomic E-state index is -1.03. The topological polar surface area (TPSA) is 29.5 Å². The average molecular weight is 283 g/mol. The number of aliphatic hydroxyl groups is 1. The molecule has 96 valence electrons. The highest BCUT2D eigenvalue weighted by Crippen LogP contribution is 2.37. The summed E-state index contributed by atoms with van der Waals surface area (Å²) in [5.74, 6) is 0.572. The van der Waals surface area contributed by atoms with Gasteiger partial charge in [-0.15, -0.1) is 11.3 Å². The minimum absolute atomic E-state index is 0.541. The molecule has 1 heterocycles. The molecule has 0 aliphatic rings. The summed E-state index contributed by atoms with van der Waals surface area (Å²) in [7, 11) is 1.56. The van der Waals surface area contributed by atoms with E-state index >= 15 is 0 Å². The fraction of sp³-hybridized carbons (Fsp3) is 0.286. The van der Waals surface area contributed by atoms with Crippen LogP contribution >= 0.6 is 22.9 Å². The van der Waals surface area contributed by atoms with Crippen molar-refractivity contribution in [2.75, 3.05) is 7.11 Å². The Bertz CT molecular complexity index is 561. The summed E-state index contributed by atoms with van der Waals surface area (Å²) >= 11 is 7.58. The van der Waals surface area contributed by atoms with Crippen molar-refractivity contribution in [2.24, 2.45) is 0 Å². The van der Waals surface area contributed by atoms with Gasteiger partial charge < -0.3 is 9.84 Å². The molecule has 0 saturated carbocycles. The number of rotatable bonds is 3. The molecule has 0 fully saturated rings. The van der Waals surface area contributed by atoms with Crippen LogP contribution in [0, 0.1) is 6.92 Å². The van der Waals surface area contributed by atoms with Crippen LogP contribution in [0.15, 0.2) is 30.3 Å². The highest BCUT2D eigenvalue weighted by molar-refractivity contribution is 7.12. The van der Waals surface area contributed by atoms with Gasteiger partial charge in [-0.05, 0) is 43.7 Å². The molecule has 2 rings (SSSR count). The smallest absolute Gasteiger partial charge is 0.137 e. The van der Waals surface area contributed by atoms with Gasteiger partial charge in [-0.1, -0.05) is 17.7 Å². The Morgan fingerprint density at radius 1 is 1.28 bits per heavy atom. The Labute approximate surface area is 116 Å². The summed E-state index contributed by atoms with van der Waals surface area (Å²) in [6.45, 7) is 3.80. The summed E-state index contributed by atoms with van der Waals surface area (Å²) in [5.41, 5.74) is -0.262. The van der Waals surface area contributed by atoms with Crippen molar-refractivity contribution in [3.63, 3.8) is 0 Å². The van der Waals surface area contributed by atoms with Crippen LogP contribution in [0.4, 0.5) is 0 Å². The third-order valence-electron chi connectivity index (χ3n) is 2.93. The van der Waals surface area contributed by atoms with Gasteiger partial charge in [0.05, 0.1) is 12.1 Å². The molecule has 1 N–H and O–H groups in total. The lowest BCUT2D eigenvalue weighted by molar-refractivity contribution is 0.106. The fourth-order valence-corrected chi connectivity index (χ4v) is 2.93. The van der Waals surface area contributed by atoms with E-state index in [9.17, 15) is 5.11 Å². The maximum absolute atomic E-state index is 10.7. The van der Waals surface area contributed by atoms with Crippen LogP contribution in [0.3, 0.4) is 0 Å². The molecule has 0 bridgehead atoms. The molecule has 0 spiro atoms. The molecule has 1 aromatic heterocycles. The monoisotopic (exact) mass is 282 g/mol. The number of methoxy groups -OCH3 is 1. The molecule has 2 nitrogen and oxygen atoms in total. The number of aryl methyl sites for hydroxylation is 1. The van der Waals surface area contributed by atoms with Crippen molar-refractivity contribution >= 4 is 22.9 Å². The van der Waals surface area contributed by atoms with Crippen LogP contribution in [0.2, 0.25) is 5.02 Å². The van der Waals surface area contributed by atoms with E-state index in [1.165, 1.54) is 4.88 Å². The molecule has 1 aromatic carbocycles. The van der Waals surface area contributed by atoms with Crippen molar-refractivity contribution in [3.05, 3.63) is 50.7 Å². The first kappa shape index (κ1) is 13.4. The highest BCUT2D eigenvalue weighted by Gasteiger charge is 2.28. The SMILES string of the molecule is COc1cc(C(C)(O)c2ccc(C)s2)ccc1Cl. The van der Waals surface area contributed by atoms with E-state index in [-0.39, 0.29) is 0 Å². The van der Waals surface area contributed by atoms with Gasteiger partial charge in [0.15, 0.2) is 0 Å². The molecule has 4 heteroatoms. The number of hydrogen-bond donors (Lipinski definition) is 1. The second kappa shape index (κ2) is 4.92. The number of hydrogen-bond acceptors (Lipinski definition) is 3. The van der Waals surface area contributed by atoms with Crippen LogP contribution in [0.1, 0.15) is 22.2 Å². The summed E-state index contributed by atoms with van der Waals surface area (Å²) in [6.07, 6.45) is 0. The molecule has 0 aliphatic carbocycles. The van der Waals surface area contributed by atoms with E-state index in [4.69, 9.17) is 16.3 Å². The molecular formula is C14H15ClO2S. The first-order valence-electron chi connectivity index (χ1n) is 5.58. The first-order valence-corrected chi connectivity index (χ1v) is 6.78. The Hall–Kier alpha value is -1.03. The van der Waals surface area contributed by atoms with Gasteiger partial charge in [-0.3, -0.25) is 0 Å².